The van der Waals surface area contributed by atoms with Crippen LogP contribution in [0.3, 0.4) is 0 Å². The van der Waals surface area contributed by atoms with Crippen molar-refractivity contribution in [3.8, 4) is 0 Å². The highest BCUT2D eigenvalue weighted by Gasteiger charge is 2.06. The van der Waals surface area contributed by atoms with Gasteiger partial charge in [0.25, 0.3) is 0 Å². The maximum absolute atomic E-state index is 11.2. The third-order valence-corrected chi connectivity index (χ3v) is 2.07. The van der Waals surface area contributed by atoms with Crippen molar-refractivity contribution < 1.29 is 19.1 Å². The SMILES string of the molecule is COC(=O)C=C(COC(C)=O)c1ccccc1. The van der Waals surface area contributed by atoms with E-state index in [0.29, 0.717) is 5.57 Å². The van der Waals surface area contributed by atoms with Crippen LogP contribution >= 0.6 is 0 Å². The van der Waals surface area contributed by atoms with E-state index in [1.54, 1.807) is 0 Å². The molecule has 1 aromatic carbocycles. The molecule has 1 aromatic rings. The molecule has 0 saturated heterocycles. The molecule has 0 radical (unpaired) electrons. The first-order valence-corrected chi connectivity index (χ1v) is 5.11. The molecule has 0 aliphatic rings. The monoisotopic (exact) mass is 234 g/mol. The molecule has 0 bridgehead atoms. The van der Waals surface area contributed by atoms with E-state index >= 15 is 0 Å². The smallest absolute Gasteiger partial charge is 0.330 e. The Labute approximate surface area is 99.8 Å². The van der Waals surface area contributed by atoms with Gasteiger partial charge >= 0.3 is 11.9 Å². The molecule has 4 nitrogen and oxygen atoms in total. The Morgan fingerprint density at radius 2 is 1.88 bits per heavy atom. The normalized spacial score (nSPS) is 10.8. The zero-order valence-corrected chi connectivity index (χ0v) is 9.80. The van der Waals surface area contributed by atoms with E-state index in [1.165, 1.54) is 20.1 Å². The molecule has 17 heavy (non-hydrogen) atoms. The third kappa shape index (κ3) is 4.51. The summed E-state index contributed by atoms with van der Waals surface area (Å²) in [6.07, 6.45) is 1.32. The first-order valence-electron chi connectivity index (χ1n) is 5.11. The van der Waals surface area contributed by atoms with Crippen LogP contribution in [0.1, 0.15) is 12.5 Å². The minimum atomic E-state index is -0.476. The summed E-state index contributed by atoms with van der Waals surface area (Å²) in [5.74, 6) is -0.868. The van der Waals surface area contributed by atoms with Crippen molar-refractivity contribution in [3.05, 3.63) is 42.0 Å². The van der Waals surface area contributed by atoms with Crippen molar-refractivity contribution >= 4 is 17.5 Å². The summed E-state index contributed by atoms with van der Waals surface area (Å²) in [7, 11) is 1.30. The molecule has 0 heterocycles. The standard InChI is InChI=1S/C13H14O4/c1-10(14)17-9-12(8-13(15)16-2)11-6-4-3-5-7-11/h3-8H,9H2,1-2H3. The highest BCUT2D eigenvalue weighted by Crippen LogP contribution is 2.14. The topological polar surface area (TPSA) is 52.6 Å². The maximum atomic E-state index is 11.2. The molecule has 1 rings (SSSR count). The summed E-state index contributed by atoms with van der Waals surface area (Å²) >= 11 is 0. The molecular weight excluding hydrogens is 220 g/mol. The minimum Gasteiger partial charge on any atom is -0.466 e. The van der Waals surface area contributed by atoms with Crippen molar-refractivity contribution in [2.45, 2.75) is 6.92 Å². The molecule has 0 aromatic heterocycles. The van der Waals surface area contributed by atoms with E-state index in [-0.39, 0.29) is 6.61 Å². The van der Waals surface area contributed by atoms with Gasteiger partial charge in [0, 0.05) is 18.6 Å². The summed E-state index contributed by atoms with van der Waals surface area (Å²) in [6, 6.07) is 9.21. The summed E-state index contributed by atoms with van der Waals surface area (Å²) in [5, 5.41) is 0. The van der Waals surface area contributed by atoms with Crippen LogP contribution in [0, 0.1) is 0 Å². The van der Waals surface area contributed by atoms with E-state index in [1.807, 2.05) is 30.3 Å². The Balaban J connectivity index is 2.90. The van der Waals surface area contributed by atoms with Crippen LogP contribution in [0.2, 0.25) is 0 Å². The van der Waals surface area contributed by atoms with Gasteiger partial charge in [0.15, 0.2) is 0 Å². The number of ether oxygens (including phenoxy) is 2. The molecule has 0 aliphatic heterocycles. The summed E-state index contributed by atoms with van der Waals surface area (Å²) < 4.78 is 9.44. The predicted octanol–water partition coefficient (Wildman–Crippen LogP) is 1.81. The highest BCUT2D eigenvalue weighted by molar-refractivity contribution is 5.91. The van der Waals surface area contributed by atoms with Crippen LogP contribution in [0.5, 0.6) is 0 Å². The molecule has 0 unspecified atom stereocenters. The first-order chi connectivity index (χ1) is 8.13. The lowest BCUT2D eigenvalue weighted by atomic mass is 10.1. The van der Waals surface area contributed by atoms with Crippen LogP contribution in [0.15, 0.2) is 36.4 Å². The van der Waals surface area contributed by atoms with Gasteiger partial charge in [0.1, 0.15) is 6.61 Å². The van der Waals surface area contributed by atoms with E-state index < -0.39 is 11.9 Å². The van der Waals surface area contributed by atoms with Gasteiger partial charge < -0.3 is 9.47 Å². The third-order valence-electron chi connectivity index (χ3n) is 2.07. The van der Waals surface area contributed by atoms with Crippen LogP contribution in [-0.2, 0) is 19.1 Å². The number of hydrogen-bond donors (Lipinski definition) is 0. The van der Waals surface area contributed by atoms with Gasteiger partial charge in [-0.3, -0.25) is 4.79 Å². The first kappa shape index (κ1) is 13.0. The second-order valence-corrected chi connectivity index (χ2v) is 3.34. The van der Waals surface area contributed by atoms with Gasteiger partial charge in [-0.05, 0) is 5.56 Å². The largest absolute Gasteiger partial charge is 0.466 e. The number of rotatable bonds is 4. The molecule has 4 heteroatoms. The fourth-order valence-electron chi connectivity index (χ4n) is 1.24. The van der Waals surface area contributed by atoms with Gasteiger partial charge in [-0.25, -0.2) is 4.79 Å². The average molecular weight is 234 g/mol. The number of esters is 2. The van der Waals surface area contributed by atoms with E-state index in [4.69, 9.17) is 4.74 Å². The summed E-state index contributed by atoms with van der Waals surface area (Å²) in [5.41, 5.74) is 1.42. The number of hydrogen-bond acceptors (Lipinski definition) is 4. The fraction of sp³-hybridized carbons (Fsp3) is 0.231. The van der Waals surface area contributed by atoms with Crippen molar-refractivity contribution in [2.24, 2.45) is 0 Å². The number of carbonyl (C=O) groups is 2. The molecule has 0 fully saturated rings. The molecule has 0 aliphatic carbocycles. The van der Waals surface area contributed by atoms with Gasteiger partial charge in [0.05, 0.1) is 7.11 Å². The van der Waals surface area contributed by atoms with Crippen LogP contribution in [0.4, 0.5) is 0 Å². The summed E-state index contributed by atoms with van der Waals surface area (Å²) in [4.78, 5) is 22.0. The Bertz CT molecular complexity index is 420. The second kappa shape index (κ2) is 6.48. The molecule has 0 N–H and O–H groups in total. The van der Waals surface area contributed by atoms with Gasteiger partial charge in [-0.15, -0.1) is 0 Å². The fourth-order valence-corrected chi connectivity index (χ4v) is 1.24. The molecule has 0 spiro atoms. The van der Waals surface area contributed by atoms with Crippen molar-refractivity contribution in [3.63, 3.8) is 0 Å². The molecule has 0 saturated carbocycles. The Kier molecular flexibility index (Phi) is 4.94. The Hall–Kier alpha value is -2.10. The van der Waals surface area contributed by atoms with Gasteiger partial charge in [-0.1, -0.05) is 30.3 Å². The van der Waals surface area contributed by atoms with E-state index in [9.17, 15) is 9.59 Å². The molecular formula is C13H14O4. The quantitative estimate of drug-likeness (QED) is 0.589. The van der Waals surface area contributed by atoms with E-state index in [2.05, 4.69) is 4.74 Å². The number of benzene rings is 1. The molecule has 90 valence electrons. The molecule has 0 amide bonds. The Morgan fingerprint density at radius 3 is 2.41 bits per heavy atom. The average Bonchev–Trinajstić information content (AvgIpc) is 2.35. The lowest BCUT2D eigenvalue weighted by Gasteiger charge is -2.07. The van der Waals surface area contributed by atoms with Crippen LogP contribution in [-0.4, -0.2) is 25.7 Å². The maximum Gasteiger partial charge on any atom is 0.330 e. The number of carbonyl (C=O) groups excluding carboxylic acids is 2. The van der Waals surface area contributed by atoms with Gasteiger partial charge in [0.2, 0.25) is 0 Å². The zero-order chi connectivity index (χ0) is 12.7. The molecule has 0 atom stereocenters. The number of methoxy groups -OCH3 is 1. The lowest BCUT2D eigenvalue weighted by molar-refractivity contribution is -0.140. The zero-order valence-electron chi connectivity index (χ0n) is 9.80. The Morgan fingerprint density at radius 1 is 1.24 bits per heavy atom. The highest BCUT2D eigenvalue weighted by atomic mass is 16.5. The summed E-state index contributed by atoms with van der Waals surface area (Å²) in [6.45, 7) is 1.37. The predicted molar refractivity (Wildman–Crippen MR) is 63.1 cm³/mol. The van der Waals surface area contributed by atoms with Crippen LogP contribution in [0.25, 0.3) is 5.57 Å². The van der Waals surface area contributed by atoms with Crippen molar-refractivity contribution in [1.82, 2.24) is 0 Å². The van der Waals surface area contributed by atoms with Crippen molar-refractivity contribution in [2.75, 3.05) is 13.7 Å². The van der Waals surface area contributed by atoms with Crippen molar-refractivity contribution in [1.29, 1.82) is 0 Å². The lowest BCUT2D eigenvalue weighted by Crippen LogP contribution is -2.05. The van der Waals surface area contributed by atoms with E-state index in [0.717, 1.165) is 5.56 Å². The second-order valence-electron chi connectivity index (χ2n) is 3.34. The minimum absolute atomic E-state index is 0.0500. The van der Waals surface area contributed by atoms with Crippen LogP contribution < -0.4 is 0 Å². The van der Waals surface area contributed by atoms with Gasteiger partial charge in [-0.2, -0.15) is 0 Å².